The molecule has 2 aliphatic heterocycles. The summed E-state index contributed by atoms with van der Waals surface area (Å²) in [7, 11) is 0. The van der Waals surface area contributed by atoms with E-state index in [-0.39, 0.29) is 5.57 Å². The van der Waals surface area contributed by atoms with E-state index in [1.165, 1.54) is 12.2 Å². The molecule has 1 aliphatic carbocycles. The second-order valence-corrected chi connectivity index (χ2v) is 6.78. The number of fused-ring (bicyclic) bond motifs is 1. The molecule has 11 nitrogen and oxygen atoms in total. The summed E-state index contributed by atoms with van der Waals surface area (Å²) in [6, 6.07) is 0. The second kappa shape index (κ2) is 7.45. The van der Waals surface area contributed by atoms with Crippen LogP contribution >= 0.6 is 0 Å². The fourth-order valence-corrected chi connectivity index (χ4v) is 3.60. The molecule has 27 heavy (non-hydrogen) atoms. The fourth-order valence-electron chi connectivity index (χ4n) is 3.60. The van der Waals surface area contributed by atoms with Gasteiger partial charge in [0.25, 0.3) is 0 Å². The van der Waals surface area contributed by atoms with E-state index in [2.05, 4.69) is 0 Å². The molecule has 0 saturated carbocycles. The molecule has 0 bridgehead atoms. The minimum atomic E-state index is -1.85. The largest absolute Gasteiger partial charge is 0.478 e. The molecule has 0 amide bonds. The summed E-state index contributed by atoms with van der Waals surface area (Å²) < 4.78 is 16.0. The number of rotatable bonds is 5. The van der Waals surface area contributed by atoms with Crippen LogP contribution < -0.4 is 0 Å². The molecule has 0 aromatic heterocycles. The molecule has 7 N–H and O–H groups in total. The maximum Gasteiger partial charge on any atom is 0.335 e. The van der Waals surface area contributed by atoms with Crippen LogP contribution in [0.3, 0.4) is 0 Å². The van der Waals surface area contributed by atoms with Crippen LogP contribution in [0.25, 0.3) is 0 Å². The van der Waals surface area contributed by atoms with Crippen molar-refractivity contribution in [3.8, 4) is 0 Å². The van der Waals surface area contributed by atoms with Crippen molar-refractivity contribution in [3.63, 3.8) is 0 Å². The third kappa shape index (κ3) is 3.37. The van der Waals surface area contributed by atoms with Crippen LogP contribution in [-0.4, -0.2) is 97.5 Å². The van der Waals surface area contributed by atoms with Gasteiger partial charge in [0.2, 0.25) is 6.29 Å². The van der Waals surface area contributed by atoms with Crippen molar-refractivity contribution in [1.29, 1.82) is 0 Å². The van der Waals surface area contributed by atoms with Gasteiger partial charge in [-0.3, -0.25) is 0 Å². The van der Waals surface area contributed by atoms with Crippen LogP contribution in [0.4, 0.5) is 0 Å². The molecule has 3 aliphatic rings. The summed E-state index contributed by atoms with van der Waals surface area (Å²) >= 11 is 0. The van der Waals surface area contributed by atoms with Gasteiger partial charge in [-0.05, 0) is 0 Å². The second-order valence-electron chi connectivity index (χ2n) is 6.78. The van der Waals surface area contributed by atoms with E-state index >= 15 is 0 Å². The van der Waals surface area contributed by atoms with Crippen LogP contribution in [0.2, 0.25) is 0 Å². The third-order valence-corrected chi connectivity index (χ3v) is 5.15. The maximum absolute atomic E-state index is 11.4. The molecule has 0 aromatic carbocycles. The van der Waals surface area contributed by atoms with Gasteiger partial charge in [0.15, 0.2) is 6.29 Å². The molecule has 0 spiro atoms. The van der Waals surface area contributed by atoms with Crippen LogP contribution in [0.5, 0.6) is 0 Å². The normalized spacial score (nSPS) is 46.5. The van der Waals surface area contributed by atoms with Gasteiger partial charge in [0.05, 0.1) is 31.0 Å². The summed E-state index contributed by atoms with van der Waals surface area (Å²) in [4.78, 5) is 11.4. The maximum atomic E-state index is 11.4. The molecule has 0 unspecified atom stereocenters. The van der Waals surface area contributed by atoms with E-state index in [4.69, 9.17) is 14.2 Å². The first-order chi connectivity index (χ1) is 12.7. The van der Waals surface area contributed by atoms with Crippen molar-refractivity contribution in [3.05, 3.63) is 24.0 Å². The van der Waals surface area contributed by atoms with Gasteiger partial charge >= 0.3 is 5.97 Å². The number of carboxylic acid groups (broad SMARTS) is 1. The predicted octanol–water partition coefficient (Wildman–Crippen LogP) is -3.35. The highest BCUT2D eigenvalue weighted by Crippen LogP contribution is 2.45. The number of aliphatic hydroxyl groups is 6. The summed E-state index contributed by atoms with van der Waals surface area (Å²) in [5, 5.41) is 68.4. The van der Waals surface area contributed by atoms with Crippen molar-refractivity contribution in [2.24, 2.45) is 11.8 Å². The van der Waals surface area contributed by atoms with E-state index in [9.17, 15) is 40.5 Å². The Labute approximate surface area is 153 Å². The van der Waals surface area contributed by atoms with Crippen LogP contribution in [0, 0.1) is 11.8 Å². The zero-order valence-electron chi connectivity index (χ0n) is 14.0. The number of carboxylic acids is 1. The lowest BCUT2D eigenvalue weighted by atomic mass is 9.79. The summed E-state index contributed by atoms with van der Waals surface area (Å²) in [6.07, 6.45) is -5.48. The summed E-state index contributed by atoms with van der Waals surface area (Å²) in [6.45, 7) is -1.40. The number of allylic oxidation sites excluding steroid dienone is 1. The zero-order valence-corrected chi connectivity index (χ0v) is 14.0. The van der Waals surface area contributed by atoms with Gasteiger partial charge in [0.1, 0.15) is 30.0 Å². The number of ether oxygens (including phenoxy) is 3. The van der Waals surface area contributed by atoms with Gasteiger partial charge in [0, 0.05) is 5.92 Å². The first-order valence-corrected chi connectivity index (χ1v) is 8.31. The average molecular weight is 390 g/mol. The van der Waals surface area contributed by atoms with Crippen LogP contribution in [-0.2, 0) is 19.0 Å². The highest BCUT2D eigenvalue weighted by atomic mass is 16.8. The summed E-state index contributed by atoms with van der Waals surface area (Å²) in [5.74, 6) is -3.20. The number of aliphatic carboxylic acids is 1. The average Bonchev–Trinajstić information content (AvgIpc) is 3.01. The molecular weight excluding hydrogens is 368 g/mol. The molecule has 1 fully saturated rings. The standard InChI is InChI=1S/C16H22O11/c17-3-8-10(19)11(20)12(21)15(26-8)27-14-9-6(1-2-16(9,24)5-18)7(4-25-14)13(22)23/h1-2,4,6,8-12,14-15,17-21,24H,3,5H2,(H,22,23)/t6-,8-,9-,10-,11+,12-,14+,15+,16+/m0/s1. The van der Waals surface area contributed by atoms with E-state index < -0.39 is 73.6 Å². The topological polar surface area (TPSA) is 186 Å². The molecule has 9 atom stereocenters. The first-order valence-electron chi connectivity index (χ1n) is 8.31. The highest BCUT2D eigenvalue weighted by Gasteiger charge is 2.55. The Balaban J connectivity index is 1.84. The predicted molar refractivity (Wildman–Crippen MR) is 83.6 cm³/mol. The van der Waals surface area contributed by atoms with Crippen molar-refractivity contribution in [2.75, 3.05) is 13.2 Å². The minimum absolute atomic E-state index is 0.158. The Morgan fingerprint density at radius 2 is 1.85 bits per heavy atom. The van der Waals surface area contributed by atoms with Gasteiger partial charge in [-0.2, -0.15) is 0 Å². The molecule has 0 aromatic rings. The Bertz CT molecular complexity index is 632. The van der Waals surface area contributed by atoms with Gasteiger partial charge in [-0.15, -0.1) is 0 Å². The zero-order chi connectivity index (χ0) is 19.9. The Morgan fingerprint density at radius 3 is 2.44 bits per heavy atom. The van der Waals surface area contributed by atoms with Crippen molar-refractivity contribution >= 4 is 5.97 Å². The SMILES string of the molecule is O=C(O)C1=CO[C@H](O[C@H]2O[C@@H](CO)[C@H](O)[C@@H](O)[C@@H]2O)[C@@H]2[C@H]1C=C[C@@]2(O)CO. The monoisotopic (exact) mass is 390 g/mol. The lowest BCUT2D eigenvalue weighted by Gasteiger charge is -2.44. The van der Waals surface area contributed by atoms with Gasteiger partial charge in [-0.1, -0.05) is 12.2 Å². The quantitative estimate of drug-likeness (QED) is 0.233. The van der Waals surface area contributed by atoms with Crippen LogP contribution in [0.1, 0.15) is 0 Å². The number of aliphatic hydroxyl groups excluding tert-OH is 5. The highest BCUT2D eigenvalue weighted by molar-refractivity contribution is 5.87. The van der Waals surface area contributed by atoms with Gasteiger partial charge in [-0.25, -0.2) is 4.79 Å². The van der Waals surface area contributed by atoms with E-state index in [0.29, 0.717) is 0 Å². The van der Waals surface area contributed by atoms with Crippen molar-refractivity contribution in [1.82, 2.24) is 0 Å². The Morgan fingerprint density at radius 1 is 1.15 bits per heavy atom. The lowest BCUT2D eigenvalue weighted by Crippen LogP contribution is -2.61. The first kappa shape index (κ1) is 20.2. The number of hydrogen-bond donors (Lipinski definition) is 7. The van der Waals surface area contributed by atoms with Gasteiger partial charge < -0.3 is 50.0 Å². The van der Waals surface area contributed by atoms with E-state index in [0.717, 1.165) is 6.26 Å². The summed E-state index contributed by atoms with van der Waals surface area (Å²) in [5.41, 5.74) is -2.01. The van der Waals surface area contributed by atoms with Crippen molar-refractivity contribution in [2.45, 2.75) is 42.6 Å². The minimum Gasteiger partial charge on any atom is -0.478 e. The molecule has 2 heterocycles. The lowest BCUT2D eigenvalue weighted by molar-refractivity contribution is -0.346. The number of hydrogen-bond acceptors (Lipinski definition) is 10. The van der Waals surface area contributed by atoms with E-state index in [1.54, 1.807) is 0 Å². The smallest absolute Gasteiger partial charge is 0.335 e. The molecule has 3 rings (SSSR count). The Kier molecular flexibility index (Phi) is 5.57. The molecule has 152 valence electrons. The third-order valence-electron chi connectivity index (χ3n) is 5.15. The molecule has 0 radical (unpaired) electrons. The molecular formula is C16H22O11. The molecule has 11 heteroatoms. The number of carbonyl (C=O) groups is 1. The fraction of sp³-hybridized carbons (Fsp3) is 0.688. The van der Waals surface area contributed by atoms with Crippen molar-refractivity contribution < 1.29 is 54.8 Å². The van der Waals surface area contributed by atoms with E-state index in [1.807, 2.05) is 0 Å². The molecule has 1 saturated heterocycles. The van der Waals surface area contributed by atoms with Crippen LogP contribution in [0.15, 0.2) is 24.0 Å². The Hall–Kier alpha value is -1.57.